The van der Waals surface area contributed by atoms with E-state index in [9.17, 15) is 27.7 Å². The van der Waals surface area contributed by atoms with E-state index in [1.165, 1.54) is 46.8 Å². The van der Waals surface area contributed by atoms with Crippen molar-refractivity contribution in [3.63, 3.8) is 0 Å². The third kappa shape index (κ3) is 6.69. The molecule has 0 radical (unpaired) electrons. The largest absolute Gasteiger partial charge is 0.482 e. The summed E-state index contributed by atoms with van der Waals surface area (Å²) in [4.78, 5) is 23.3. The Morgan fingerprint density at radius 3 is 2.49 bits per heavy atom. The summed E-state index contributed by atoms with van der Waals surface area (Å²) in [5, 5.41) is 11.2. The molecule has 1 unspecified atom stereocenters. The molecular formula is C33H28ClFN2O7S. The summed E-state index contributed by atoms with van der Waals surface area (Å²) in [6.07, 6.45) is -0.122. The zero-order chi connectivity index (χ0) is 32.5. The number of fused-ring (bicyclic) bond motifs is 1. The molecule has 0 spiro atoms. The van der Waals surface area contributed by atoms with Crippen molar-refractivity contribution in [2.24, 2.45) is 0 Å². The molecule has 0 N–H and O–H groups in total. The average Bonchev–Trinajstić information content (AvgIpc) is 3.00. The van der Waals surface area contributed by atoms with Gasteiger partial charge in [0.1, 0.15) is 17.7 Å². The van der Waals surface area contributed by atoms with Crippen molar-refractivity contribution in [1.29, 1.82) is 0 Å². The van der Waals surface area contributed by atoms with Crippen LogP contribution in [0.1, 0.15) is 40.9 Å². The highest BCUT2D eigenvalue weighted by molar-refractivity contribution is 7.92. The standard InChI is InChI=1S/C33H28ClFN2O7S/c1-20-6-4-7-26(16-20)45(41,42)36-19-31(22(3)43-33(38)24-11-13-25(14-12-24)37(39)40)44-30-15-10-23(18-29(30)36)17-21(2)32-27(34)8-5-9-28(32)35/h4-18,22,31H,19H2,1-3H3/b21-17+/t22-,31?/m1/s1. The van der Waals surface area contributed by atoms with Gasteiger partial charge in [-0.25, -0.2) is 17.6 Å². The van der Waals surface area contributed by atoms with Gasteiger partial charge in [-0.3, -0.25) is 14.4 Å². The number of aryl methyl sites for hydroxylation is 1. The smallest absolute Gasteiger partial charge is 0.338 e. The van der Waals surface area contributed by atoms with Gasteiger partial charge in [0.05, 0.1) is 32.6 Å². The first kappa shape index (κ1) is 31.7. The van der Waals surface area contributed by atoms with Crippen molar-refractivity contribution in [1.82, 2.24) is 0 Å². The summed E-state index contributed by atoms with van der Waals surface area (Å²) in [7, 11) is -4.12. The van der Waals surface area contributed by atoms with Crippen molar-refractivity contribution < 1.29 is 32.0 Å². The van der Waals surface area contributed by atoms with Crippen LogP contribution in [0.3, 0.4) is 0 Å². The first-order chi connectivity index (χ1) is 21.3. The topological polar surface area (TPSA) is 116 Å². The molecule has 9 nitrogen and oxygen atoms in total. The predicted octanol–water partition coefficient (Wildman–Crippen LogP) is 7.46. The minimum atomic E-state index is -4.12. The maximum atomic E-state index is 14.6. The molecule has 0 saturated heterocycles. The number of benzene rings is 4. The van der Waals surface area contributed by atoms with Crippen LogP contribution in [0.25, 0.3) is 11.6 Å². The molecule has 232 valence electrons. The summed E-state index contributed by atoms with van der Waals surface area (Å²) >= 11 is 6.26. The number of rotatable bonds is 8. The van der Waals surface area contributed by atoms with Crippen LogP contribution < -0.4 is 9.04 Å². The third-order valence-electron chi connectivity index (χ3n) is 7.32. The van der Waals surface area contributed by atoms with Gasteiger partial charge in [0.15, 0.2) is 6.10 Å². The van der Waals surface area contributed by atoms with Gasteiger partial charge in [0.2, 0.25) is 0 Å². The number of non-ortho nitro benzene ring substituents is 1. The van der Waals surface area contributed by atoms with Crippen LogP contribution in [0.5, 0.6) is 5.75 Å². The molecule has 4 aromatic rings. The first-order valence-corrected chi connectivity index (χ1v) is 15.6. The molecule has 0 amide bonds. The summed E-state index contributed by atoms with van der Waals surface area (Å²) in [6, 6.07) is 20.8. The number of carbonyl (C=O) groups excluding carboxylic acids is 1. The van der Waals surface area contributed by atoms with E-state index in [0.29, 0.717) is 11.1 Å². The molecule has 0 aliphatic carbocycles. The highest BCUT2D eigenvalue weighted by Crippen LogP contribution is 2.40. The second-order valence-corrected chi connectivity index (χ2v) is 12.8. The molecule has 2 atom stereocenters. The zero-order valence-corrected chi connectivity index (χ0v) is 26.0. The number of nitrogens with zero attached hydrogens (tertiary/aromatic N) is 2. The van der Waals surface area contributed by atoms with Crippen LogP contribution in [0.4, 0.5) is 15.8 Å². The lowest BCUT2D eigenvalue weighted by Gasteiger charge is -2.37. The highest BCUT2D eigenvalue weighted by Gasteiger charge is 2.38. The van der Waals surface area contributed by atoms with Gasteiger partial charge >= 0.3 is 5.97 Å². The van der Waals surface area contributed by atoms with Crippen LogP contribution >= 0.6 is 11.6 Å². The number of carbonyl (C=O) groups is 1. The first-order valence-electron chi connectivity index (χ1n) is 13.8. The molecule has 1 heterocycles. The second-order valence-electron chi connectivity index (χ2n) is 10.6. The van der Waals surface area contributed by atoms with Crippen molar-refractivity contribution in [2.75, 3.05) is 10.8 Å². The maximum Gasteiger partial charge on any atom is 0.338 e. The Kier molecular flexibility index (Phi) is 8.94. The molecule has 5 rings (SSSR count). The highest BCUT2D eigenvalue weighted by atomic mass is 35.5. The van der Waals surface area contributed by atoms with E-state index in [-0.39, 0.29) is 44.7 Å². The van der Waals surface area contributed by atoms with Crippen molar-refractivity contribution >= 4 is 50.6 Å². The van der Waals surface area contributed by atoms with E-state index < -0.39 is 38.9 Å². The monoisotopic (exact) mass is 650 g/mol. The normalized spacial score (nSPS) is 15.5. The van der Waals surface area contributed by atoms with Crippen molar-refractivity contribution in [2.45, 2.75) is 37.9 Å². The van der Waals surface area contributed by atoms with E-state index in [0.717, 1.165) is 5.56 Å². The van der Waals surface area contributed by atoms with Crippen LogP contribution in [0.2, 0.25) is 5.02 Å². The summed E-state index contributed by atoms with van der Waals surface area (Å²) in [5.41, 5.74) is 2.27. The molecule has 1 aliphatic heterocycles. The Morgan fingerprint density at radius 2 is 1.82 bits per heavy atom. The summed E-state index contributed by atoms with van der Waals surface area (Å²) < 4.78 is 55.7. The van der Waals surface area contributed by atoms with Crippen LogP contribution in [0.15, 0.2) is 89.8 Å². The van der Waals surface area contributed by atoms with E-state index in [4.69, 9.17) is 21.1 Å². The van der Waals surface area contributed by atoms with Crippen LogP contribution in [-0.4, -0.2) is 38.1 Å². The molecule has 1 aliphatic rings. The molecule has 0 aromatic heterocycles. The van der Waals surface area contributed by atoms with Gasteiger partial charge in [-0.15, -0.1) is 0 Å². The third-order valence-corrected chi connectivity index (χ3v) is 9.41. The molecule has 0 bridgehead atoms. The van der Waals surface area contributed by atoms with Crippen molar-refractivity contribution in [3.8, 4) is 5.75 Å². The average molecular weight is 651 g/mol. The number of hydrogen-bond donors (Lipinski definition) is 0. The number of anilines is 1. The van der Waals surface area contributed by atoms with Gasteiger partial charge in [0, 0.05) is 17.7 Å². The van der Waals surface area contributed by atoms with Gasteiger partial charge < -0.3 is 9.47 Å². The van der Waals surface area contributed by atoms with E-state index in [1.54, 1.807) is 69.3 Å². The lowest BCUT2D eigenvalue weighted by atomic mass is 10.0. The Labute approximate surface area is 264 Å². The van der Waals surface area contributed by atoms with Gasteiger partial charge in [-0.1, -0.05) is 41.9 Å². The number of nitro groups is 1. The maximum absolute atomic E-state index is 14.6. The van der Waals surface area contributed by atoms with Gasteiger partial charge in [0.25, 0.3) is 15.7 Å². The molecule has 0 fully saturated rings. The van der Waals surface area contributed by atoms with Gasteiger partial charge in [-0.2, -0.15) is 0 Å². The fourth-order valence-electron chi connectivity index (χ4n) is 4.98. The fourth-order valence-corrected chi connectivity index (χ4v) is 6.88. The molecule has 4 aromatic carbocycles. The number of nitro benzene ring substituents is 1. The van der Waals surface area contributed by atoms with Gasteiger partial charge in [-0.05, 0) is 86.0 Å². The Balaban J connectivity index is 1.50. The van der Waals surface area contributed by atoms with Crippen LogP contribution in [-0.2, 0) is 14.8 Å². The minimum absolute atomic E-state index is 0.0693. The quantitative estimate of drug-likeness (QED) is 0.0841. The Hall–Kier alpha value is -4.74. The molecule has 12 heteroatoms. The van der Waals surface area contributed by atoms with Crippen molar-refractivity contribution in [3.05, 3.63) is 128 Å². The van der Waals surface area contributed by atoms with E-state index in [1.807, 2.05) is 0 Å². The zero-order valence-electron chi connectivity index (χ0n) is 24.4. The predicted molar refractivity (Wildman–Crippen MR) is 169 cm³/mol. The summed E-state index contributed by atoms with van der Waals surface area (Å²) in [5.74, 6) is -0.997. The summed E-state index contributed by atoms with van der Waals surface area (Å²) in [6.45, 7) is 4.88. The molecule has 0 saturated carbocycles. The molecule has 45 heavy (non-hydrogen) atoms. The number of allylic oxidation sites excluding steroid dienone is 1. The number of sulfonamides is 1. The number of hydrogen-bond acceptors (Lipinski definition) is 7. The van der Waals surface area contributed by atoms with E-state index in [2.05, 4.69) is 0 Å². The van der Waals surface area contributed by atoms with E-state index >= 15 is 0 Å². The lowest BCUT2D eigenvalue weighted by Crippen LogP contribution is -2.49. The minimum Gasteiger partial charge on any atom is -0.482 e. The fraction of sp³-hybridized carbons (Fsp3) is 0.182. The number of esters is 1. The lowest BCUT2D eigenvalue weighted by molar-refractivity contribution is -0.384. The number of ether oxygens (including phenoxy) is 2. The number of halogens is 2. The second kappa shape index (κ2) is 12.7. The Bertz CT molecular complexity index is 1910. The van der Waals surface area contributed by atoms with Crippen LogP contribution in [0, 0.1) is 22.9 Å². The SMILES string of the molecule is C/C(=C\c1ccc2c(c1)N(S(=O)(=O)c1cccc(C)c1)CC([C@@H](C)OC(=O)c1ccc([N+](=O)[O-])cc1)O2)c1c(F)cccc1Cl. The Morgan fingerprint density at radius 1 is 1.11 bits per heavy atom. The molecular weight excluding hydrogens is 623 g/mol.